The lowest BCUT2D eigenvalue weighted by molar-refractivity contribution is 0.352. The van der Waals surface area contributed by atoms with Gasteiger partial charge in [-0.05, 0) is 104 Å². The molecule has 1 saturated heterocycles. The summed E-state index contributed by atoms with van der Waals surface area (Å²) in [6.45, 7) is 6.02. The van der Waals surface area contributed by atoms with E-state index in [4.69, 9.17) is 4.74 Å². The smallest absolute Gasteiger partial charge is 0.210 e. The number of piperidine rings is 1. The maximum atomic E-state index is 13.7. The van der Waals surface area contributed by atoms with Gasteiger partial charge in [-0.2, -0.15) is 0 Å². The molecule has 0 spiro atoms. The number of rotatable bonds is 5. The van der Waals surface area contributed by atoms with Gasteiger partial charge in [0.15, 0.2) is 0 Å². The predicted octanol–water partition coefficient (Wildman–Crippen LogP) is 5.25. The van der Waals surface area contributed by atoms with E-state index in [0.29, 0.717) is 16.6 Å². The SMILES string of the molecule is COc1cc2c(cc1S(=O)(=O)c1ccc(N3CCC(c4ccccc4C)CC3)cc1)CCN(C)CC2. The highest BCUT2D eigenvalue weighted by molar-refractivity contribution is 7.91. The zero-order valence-electron chi connectivity index (χ0n) is 21.5. The van der Waals surface area contributed by atoms with Crippen molar-refractivity contribution in [3.05, 3.63) is 82.9 Å². The van der Waals surface area contributed by atoms with Crippen LogP contribution in [0.25, 0.3) is 0 Å². The van der Waals surface area contributed by atoms with E-state index in [2.05, 4.69) is 48.0 Å². The zero-order valence-corrected chi connectivity index (χ0v) is 22.4. The second-order valence-electron chi connectivity index (χ2n) is 10.2. The molecule has 190 valence electrons. The Labute approximate surface area is 215 Å². The summed E-state index contributed by atoms with van der Waals surface area (Å²) in [6, 6.07) is 19.8. The Morgan fingerprint density at radius 3 is 2.14 bits per heavy atom. The summed E-state index contributed by atoms with van der Waals surface area (Å²) in [6.07, 6.45) is 3.95. The molecule has 0 aromatic heterocycles. The van der Waals surface area contributed by atoms with Crippen molar-refractivity contribution in [3.8, 4) is 5.75 Å². The van der Waals surface area contributed by atoms with Crippen molar-refractivity contribution in [2.75, 3.05) is 45.2 Å². The molecule has 0 aliphatic carbocycles. The van der Waals surface area contributed by atoms with Gasteiger partial charge in [-0.1, -0.05) is 24.3 Å². The lowest BCUT2D eigenvalue weighted by Crippen LogP contribution is -2.33. The van der Waals surface area contributed by atoms with E-state index in [1.54, 1.807) is 19.2 Å². The average molecular weight is 505 g/mol. The largest absolute Gasteiger partial charge is 0.495 e. The van der Waals surface area contributed by atoms with Gasteiger partial charge >= 0.3 is 0 Å². The van der Waals surface area contributed by atoms with E-state index in [0.717, 1.165) is 63.1 Å². The van der Waals surface area contributed by atoms with E-state index < -0.39 is 9.84 Å². The first kappa shape index (κ1) is 24.8. The second kappa shape index (κ2) is 10.3. The average Bonchev–Trinajstić information content (AvgIpc) is 3.09. The van der Waals surface area contributed by atoms with E-state index >= 15 is 0 Å². The molecule has 6 heteroatoms. The molecule has 0 saturated carbocycles. The summed E-state index contributed by atoms with van der Waals surface area (Å²) in [5.74, 6) is 1.02. The summed E-state index contributed by atoms with van der Waals surface area (Å²) >= 11 is 0. The van der Waals surface area contributed by atoms with E-state index in [1.165, 1.54) is 16.7 Å². The van der Waals surface area contributed by atoms with Crippen LogP contribution in [0.15, 0.2) is 70.5 Å². The molecule has 0 amide bonds. The van der Waals surface area contributed by atoms with Gasteiger partial charge in [0.2, 0.25) is 9.84 Å². The molecule has 2 aliphatic rings. The first-order chi connectivity index (χ1) is 17.4. The van der Waals surface area contributed by atoms with Gasteiger partial charge < -0.3 is 14.5 Å². The Bertz CT molecular complexity index is 1330. The number of benzene rings is 3. The predicted molar refractivity (Wildman–Crippen MR) is 145 cm³/mol. The molecule has 0 N–H and O–H groups in total. The molecule has 0 atom stereocenters. The van der Waals surface area contributed by atoms with Crippen LogP contribution in [0.5, 0.6) is 5.75 Å². The van der Waals surface area contributed by atoms with Crippen LogP contribution in [-0.4, -0.2) is 53.7 Å². The monoisotopic (exact) mass is 504 g/mol. The van der Waals surface area contributed by atoms with Crippen LogP contribution in [0.3, 0.4) is 0 Å². The number of methoxy groups -OCH3 is 1. The highest BCUT2D eigenvalue weighted by Crippen LogP contribution is 2.35. The summed E-state index contributed by atoms with van der Waals surface area (Å²) in [7, 11) is -0.0413. The minimum atomic E-state index is -3.69. The minimum absolute atomic E-state index is 0.264. The van der Waals surface area contributed by atoms with Crippen LogP contribution in [0.2, 0.25) is 0 Å². The van der Waals surface area contributed by atoms with E-state index in [9.17, 15) is 8.42 Å². The van der Waals surface area contributed by atoms with Crippen molar-refractivity contribution in [1.29, 1.82) is 0 Å². The topological polar surface area (TPSA) is 49.9 Å². The van der Waals surface area contributed by atoms with Crippen molar-refractivity contribution in [2.45, 2.75) is 48.3 Å². The molecule has 0 bridgehead atoms. The van der Waals surface area contributed by atoms with Crippen LogP contribution >= 0.6 is 0 Å². The first-order valence-corrected chi connectivity index (χ1v) is 14.4. The number of anilines is 1. The molecule has 5 rings (SSSR count). The maximum Gasteiger partial charge on any atom is 0.210 e. The van der Waals surface area contributed by atoms with Gasteiger partial charge in [0.1, 0.15) is 10.6 Å². The van der Waals surface area contributed by atoms with Crippen molar-refractivity contribution >= 4 is 15.5 Å². The maximum absolute atomic E-state index is 13.7. The summed E-state index contributed by atoms with van der Waals surface area (Å²) in [4.78, 5) is 5.22. The quantitative estimate of drug-likeness (QED) is 0.475. The molecule has 2 aliphatic heterocycles. The molecule has 0 unspecified atom stereocenters. The number of nitrogens with zero attached hydrogens (tertiary/aromatic N) is 2. The van der Waals surface area contributed by atoms with E-state index in [1.807, 2.05) is 24.3 Å². The number of aryl methyl sites for hydroxylation is 1. The van der Waals surface area contributed by atoms with Crippen LogP contribution in [0, 0.1) is 6.92 Å². The third-order valence-electron chi connectivity index (χ3n) is 7.94. The number of fused-ring (bicyclic) bond motifs is 1. The van der Waals surface area contributed by atoms with Crippen molar-refractivity contribution < 1.29 is 13.2 Å². The summed E-state index contributed by atoms with van der Waals surface area (Å²) in [5, 5.41) is 0. The summed E-state index contributed by atoms with van der Waals surface area (Å²) in [5.41, 5.74) is 6.19. The Hall–Kier alpha value is -2.83. The van der Waals surface area contributed by atoms with Crippen molar-refractivity contribution in [2.24, 2.45) is 0 Å². The van der Waals surface area contributed by atoms with Crippen LogP contribution in [0.1, 0.15) is 41.0 Å². The van der Waals surface area contributed by atoms with Gasteiger partial charge in [-0.15, -0.1) is 0 Å². The molecule has 1 fully saturated rings. The number of likely N-dealkylation sites (N-methyl/N-ethyl adjacent to an activating group) is 1. The third kappa shape index (κ3) is 4.89. The van der Waals surface area contributed by atoms with Gasteiger partial charge in [0.25, 0.3) is 0 Å². The zero-order chi connectivity index (χ0) is 25.3. The minimum Gasteiger partial charge on any atom is -0.495 e. The third-order valence-corrected chi connectivity index (χ3v) is 9.73. The second-order valence-corrected chi connectivity index (χ2v) is 12.1. The fourth-order valence-electron chi connectivity index (χ4n) is 5.67. The lowest BCUT2D eigenvalue weighted by atomic mass is 9.87. The molecule has 3 aromatic carbocycles. The number of hydrogen-bond acceptors (Lipinski definition) is 5. The van der Waals surface area contributed by atoms with E-state index in [-0.39, 0.29) is 4.90 Å². The molecule has 3 aromatic rings. The van der Waals surface area contributed by atoms with Gasteiger partial charge in [-0.25, -0.2) is 8.42 Å². The Kier molecular flexibility index (Phi) is 7.09. The van der Waals surface area contributed by atoms with Crippen molar-refractivity contribution in [1.82, 2.24) is 4.90 Å². The van der Waals surface area contributed by atoms with Crippen molar-refractivity contribution in [3.63, 3.8) is 0 Å². The Morgan fingerprint density at radius 1 is 0.861 bits per heavy atom. The molecule has 5 nitrogen and oxygen atoms in total. The summed E-state index contributed by atoms with van der Waals surface area (Å²) < 4.78 is 32.9. The first-order valence-electron chi connectivity index (χ1n) is 12.9. The highest BCUT2D eigenvalue weighted by atomic mass is 32.2. The van der Waals surface area contributed by atoms with Gasteiger partial charge in [0.05, 0.1) is 12.0 Å². The highest BCUT2D eigenvalue weighted by Gasteiger charge is 2.26. The Morgan fingerprint density at radius 2 is 1.50 bits per heavy atom. The number of ether oxygens (including phenoxy) is 1. The molecular weight excluding hydrogens is 468 g/mol. The Balaban J connectivity index is 1.34. The number of hydrogen-bond donors (Lipinski definition) is 0. The molecule has 36 heavy (non-hydrogen) atoms. The van der Waals surface area contributed by atoms with Gasteiger partial charge in [-0.3, -0.25) is 0 Å². The van der Waals surface area contributed by atoms with Crippen LogP contribution < -0.4 is 9.64 Å². The fraction of sp³-hybridized carbons (Fsp3) is 0.400. The van der Waals surface area contributed by atoms with Crippen LogP contribution in [0.4, 0.5) is 5.69 Å². The van der Waals surface area contributed by atoms with Crippen LogP contribution in [-0.2, 0) is 22.7 Å². The molecule has 0 radical (unpaired) electrons. The van der Waals surface area contributed by atoms with Gasteiger partial charge in [0, 0.05) is 31.9 Å². The molecular formula is C30H36N2O3S. The fourth-order valence-corrected chi connectivity index (χ4v) is 7.12. The lowest BCUT2D eigenvalue weighted by Gasteiger charge is -2.34. The molecule has 2 heterocycles. The standard InChI is InChI=1S/C30H36N2O3S/c1-22-6-4-5-7-28(22)23-14-18-32(19-15-23)26-8-10-27(11-9-26)36(33,34)30-21-25-13-17-31(2)16-12-24(25)20-29(30)35-3/h4-11,20-21,23H,12-19H2,1-3H3. The normalized spacial score (nSPS) is 17.5. The number of sulfone groups is 1.